The van der Waals surface area contributed by atoms with Gasteiger partial charge in [-0.2, -0.15) is 13.2 Å². The van der Waals surface area contributed by atoms with Gasteiger partial charge in [-0.25, -0.2) is 4.98 Å². The summed E-state index contributed by atoms with van der Waals surface area (Å²) in [4.78, 5) is 6.50. The third-order valence-corrected chi connectivity index (χ3v) is 8.04. The highest BCUT2D eigenvalue weighted by atomic mass is 32.2. The fraction of sp³-hybridized carbons (Fsp3) is 0.522. The highest BCUT2D eigenvalue weighted by Crippen LogP contribution is 2.65. The predicted octanol–water partition coefficient (Wildman–Crippen LogP) is 5.16. The van der Waals surface area contributed by atoms with Gasteiger partial charge in [0.25, 0.3) is 0 Å². The molecule has 3 heterocycles. The minimum absolute atomic E-state index is 0.0158. The average Bonchev–Trinajstić information content (AvgIpc) is 3.05. The second-order valence-electron chi connectivity index (χ2n) is 9.06. The van der Waals surface area contributed by atoms with E-state index in [-0.39, 0.29) is 11.3 Å². The van der Waals surface area contributed by atoms with Crippen LogP contribution in [-0.4, -0.2) is 50.0 Å². The molecule has 2 fully saturated rings. The van der Waals surface area contributed by atoms with Gasteiger partial charge in [0, 0.05) is 19.3 Å². The fourth-order valence-corrected chi connectivity index (χ4v) is 5.91. The number of rotatable bonds is 7. The zero-order valence-corrected chi connectivity index (χ0v) is 19.4. The van der Waals surface area contributed by atoms with E-state index in [1.165, 1.54) is 18.5 Å². The summed E-state index contributed by atoms with van der Waals surface area (Å²) < 4.78 is 47.6. The molecule has 10 heteroatoms. The van der Waals surface area contributed by atoms with E-state index < -0.39 is 11.7 Å². The van der Waals surface area contributed by atoms with Gasteiger partial charge in [0.15, 0.2) is 17.3 Å². The van der Waals surface area contributed by atoms with Gasteiger partial charge in [-0.1, -0.05) is 30.0 Å². The molecule has 176 valence electrons. The lowest BCUT2D eigenvalue weighted by atomic mass is 9.95. The molecule has 1 saturated heterocycles. The topological polar surface area (TPSA) is 60.0 Å². The van der Waals surface area contributed by atoms with Crippen molar-refractivity contribution in [1.82, 2.24) is 24.6 Å². The van der Waals surface area contributed by atoms with Gasteiger partial charge < -0.3 is 13.9 Å². The van der Waals surface area contributed by atoms with Gasteiger partial charge in [-0.15, -0.1) is 10.2 Å². The van der Waals surface area contributed by atoms with Crippen molar-refractivity contribution in [3.63, 3.8) is 0 Å². The molecule has 3 aromatic rings. The largest absolute Gasteiger partial charge is 0.440 e. The van der Waals surface area contributed by atoms with Crippen molar-refractivity contribution in [2.24, 2.45) is 12.5 Å². The van der Waals surface area contributed by atoms with Crippen molar-refractivity contribution < 1.29 is 17.6 Å². The van der Waals surface area contributed by atoms with E-state index in [1.807, 2.05) is 18.5 Å². The standard InChI is InChI=1S/C23H26F3N5OS/c1-15-19(32-14-27-15)20-28-29-21(30(20)2)33-11-5-9-31-10-8-22(13-31)12-18(22)16-6-3-4-7-17(16)23(24,25)26/h3-4,6-7,14,18H,5,8-13H2,1-2H3/t18-,22?/m0/s1. The summed E-state index contributed by atoms with van der Waals surface area (Å²) in [7, 11) is 1.91. The lowest BCUT2D eigenvalue weighted by molar-refractivity contribution is -0.138. The number of likely N-dealkylation sites (tertiary alicyclic amines) is 1. The van der Waals surface area contributed by atoms with Crippen LogP contribution in [-0.2, 0) is 13.2 Å². The Morgan fingerprint density at radius 1 is 1.24 bits per heavy atom. The van der Waals surface area contributed by atoms with Crippen molar-refractivity contribution in [2.45, 2.75) is 43.4 Å². The van der Waals surface area contributed by atoms with E-state index in [1.54, 1.807) is 23.9 Å². The van der Waals surface area contributed by atoms with Crippen molar-refractivity contribution in [3.05, 3.63) is 47.5 Å². The average molecular weight is 478 g/mol. The number of aryl methyl sites for hydroxylation is 1. The Kier molecular flexibility index (Phi) is 5.76. The van der Waals surface area contributed by atoms with Gasteiger partial charge in [-0.05, 0) is 62.2 Å². The van der Waals surface area contributed by atoms with Gasteiger partial charge in [-0.3, -0.25) is 0 Å². The minimum atomic E-state index is -4.29. The quantitative estimate of drug-likeness (QED) is 0.346. The molecule has 2 atom stereocenters. The number of aromatic nitrogens is 4. The van der Waals surface area contributed by atoms with Crippen LogP contribution in [0.15, 0.2) is 40.2 Å². The van der Waals surface area contributed by atoms with Crippen LogP contribution in [0.25, 0.3) is 11.6 Å². The molecule has 0 bridgehead atoms. The SMILES string of the molecule is Cc1ncoc1-c1nnc(SCCCN2CCC3(C[C@H]3c3ccccc3C(F)(F)F)C2)n1C. The molecule has 1 aliphatic heterocycles. The van der Waals surface area contributed by atoms with Crippen LogP contribution >= 0.6 is 11.8 Å². The zero-order valence-electron chi connectivity index (χ0n) is 18.6. The van der Waals surface area contributed by atoms with E-state index in [4.69, 9.17) is 4.42 Å². The Morgan fingerprint density at radius 3 is 2.82 bits per heavy atom. The summed E-state index contributed by atoms with van der Waals surface area (Å²) in [6, 6.07) is 6.08. The van der Waals surface area contributed by atoms with Crippen molar-refractivity contribution in [3.8, 4) is 11.6 Å². The lowest BCUT2D eigenvalue weighted by Gasteiger charge is -2.17. The first-order valence-corrected chi connectivity index (χ1v) is 12.1. The molecule has 1 spiro atoms. The Labute approximate surface area is 194 Å². The van der Waals surface area contributed by atoms with E-state index >= 15 is 0 Å². The number of alkyl halides is 3. The summed E-state index contributed by atoms with van der Waals surface area (Å²) in [5, 5.41) is 9.33. The number of hydrogen-bond donors (Lipinski definition) is 0. The van der Waals surface area contributed by atoms with E-state index in [2.05, 4.69) is 20.1 Å². The maximum absolute atomic E-state index is 13.4. The lowest BCUT2D eigenvalue weighted by Crippen LogP contribution is -2.23. The third-order valence-electron chi connectivity index (χ3n) is 6.93. The molecule has 0 amide bonds. The monoisotopic (exact) mass is 477 g/mol. The van der Waals surface area contributed by atoms with Crippen LogP contribution in [0, 0.1) is 12.3 Å². The Balaban J connectivity index is 1.12. The number of thioether (sulfide) groups is 1. The smallest absolute Gasteiger partial charge is 0.416 e. The molecule has 33 heavy (non-hydrogen) atoms. The highest BCUT2D eigenvalue weighted by Gasteiger charge is 2.59. The molecule has 0 radical (unpaired) electrons. The molecule has 1 saturated carbocycles. The van der Waals surface area contributed by atoms with Crippen LogP contribution in [0.4, 0.5) is 13.2 Å². The van der Waals surface area contributed by atoms with E-state index in [9.17, 15) is 13.2 Å². The summed E-state index contributed by atoms with van der Waals surface area (Å²) in [6.45, 7) is 4.64. The Hall–Kier alpha value is -2.33. The number of halogens is 3. The maximum atomic E-state index is 13.4. The molecular formula is C23H26F3N5OS. The van der Waals surface area contributed by atoms with Crippen molar-refractivity contribution in [1.29, 1.82) is 0 Å². The molecular weight excluding hydrogens is 451 g/mol. The van der Waals surface area contributed by atoms with Gasteiger partial charge in [0.1, 0.15) is 0 Å². The summed E-state index contributed by atoms with van der Waals surface area (Å²) in [5.41, 5.74) is 0.802. The summed E-state index contributed by atoms with van der Waals surface area (Å²) in [5.74, 6) is 2.20. The molecule has 6 nitrogen and oxygen atoms in total. The second kappa shape index (κ2) is 8.47. The third kappa shape index (κ3) is 4.30. The first kappa shape index (κ1) is 22.5. The molecule has 1 unspecified atom stereocenters. The Morgan fingerprint density at radius 2 is 2.06 bits per heavy atom. The maximum Gasteiger partial charge on any atom is 0.416 e. The van der Waals surface area contributed by atoms with Crippen LogP contribution < -0.4 is 0 Å². The molecule has 0 N–H and O–H groups in total. The molecule has 2 aromatic heterocycles. The van der Waals surface area contributed by atoms with Crippen LogP contribution in [0.3, 0.4) is 0 Å². The molecule has 1 aliphatic carbocycles. The van der Waals surface area contributed by atoms with E-state index in [0.29, 0.717) is 17.1 Å². The van der Waals surface area contributed by atoms with Gasteiger partial charge in [0.2, 0.25) is 5.82 Å². The predicted molar refractivity (Wildman–Crippen MR) is 119 cm³/mol. The summed E-state index contributed by atoms with van der Waals surface area (Å²) in [6.07, 6.45) is -0.0781. The van der Waals surface area contributed by atoms with Gasteiger partial charge in [0.05, 0.1) is 11.3 Å². The minimum Gasteiger partial charge on any atom is -0.440 e. The number of hydrogen-bond acceptors (Lipinski definition) is 6. The van der Waals surface area contributed by atoms with E-state index in [0.717, 1.165) is 55.5 Å². The second-order valence-corrected chi connectivity index (χ2v) is 10.1. The van der Waals surface area contributed by atoms with Crippen LogP contribution in [0.1, 0.15) is 42.0 Å². The molecule has 1 aromatic carbocycles. The van der Waals surface area contributed by atoms with Gasteiger partial charge >= 0.3 is 6.18 Å². The zero-order chi connectivity index (χ0) is 23.2. The fourth-order valence-electron chi connectivity index (χ4n) is 5.08. The summed E-state index contributed by atoms with van der Waals surface area (Å²) >= 11 is 1.65. The van der Waals surface area contributed by atoms with Crippen LogP contribution in [0.5, 0.6) is 0 Å². The van der Waals surface area contributed by atoms with Crippen molar-refractivity contribution >= 4 is 11.8 Å². The molecule has 5 rings (SSSR count). The van der Waals surface area contributed by atoms with Crippen LogP contribution in [0.2, 0.25) is 0 Å². The number of oxazole rings is 1. The highest BCUT2D eigenvalue weighted by molar-refractivity contribution is 7.99. The number of benzene rings is 1. The first-order chi connectivity index (χ1) is 15.8. The van der Waals surface area contributed by atoms with Crippen molar-refractivity contribution in [2.75, 3.05) is 25.4 Å². The number of nitrogens with zero attached hydrogens (tertiary/aromatic N) is 5. The molecule has 2 aliphatic rings. The first-order valence-electron chi connectivity index (χ1n) is 11.1. The Bertz CT molecular complexity index is 1140. The normalized spacial score (nSPS) is 23.0.